The quantitative estimate of drug-likeness (QED) is 0.593. The molecule has 0 spiro atoms. The fraction of sp³-hybridized carbons (Fsp3) is 0.125. The summed E-state index contributed by atoms with van der Waals surface area (Å²) in [6, 6.07) is 1.93. The zero-order valence-corrected chi connectivity index (χ0v) is 8.81. The molecule has 1 heterocycles. The van der Waals surface area contributed by atoms with Crippen molar-refractivity contribution in [2.24, 2.45) is 0 Å². The lowest BCUT2D eigenvalue weighted by Crippen LogP contribution is -1.92. The van der Waals surface area contributed by atoms with E-state index in [0.29, 0.717) is 0 Å². The van der Waals surface area contributed by atoms with Gasteiger partial charge in [-0.25, -0.2) is 4.79 Å². The van der Waals surface area contributed by atoms with Crippen LogP contribution in [0.2, 0.25) is 0 Å². The van der Waals surface area contributed by atoms with Gasteiger partial charge in [0.15, 0.2) is 0 Å². The number of carbonyl (C=O) groups excluding carboxylic acids is 1. The van der Waals surface area contributed by atoms with E-state index in [1.807, 2.05) is 11.4 Å². The summed E-state index contributed by atoms with van der Waals surface area (Å²) >= 11 is 4.88. The molecular formula is C8H7BrO2S. The molecule has 0 unspecified atom stereocenters. The maximum atomic E-state index is 10.7. The van der Waals surface area contributed by atoms with Gasteiger partial charge in [-0.3, -0.25) is 0 Å². The Hall–Kier alpha value is -0.610. The highest BCUT2D eigenvalue weighted by Gasteiger charge is 1.94. The number of methoxy groups -OCH3 is 1. The second-order valence-electron chi connectivity index (χ2n) is 2.02. The Bertz CT molecular complexity index is 304. The number of hydrogen-bond donors (Lipinski definition) is 0. The number of rotatable bonds is 2. The fourth-order valence-electron chi connectivity index (χ4n) is 0.634. The Balaban J connectivity index is 2.63. The van der Waals surface area contributed by atoms with Crippen LogP contribution in [0.15, 0.2) is 22.0 Å². The summed E-state index contributed by atoms with van der Waals surface area (Å²) in [6.45, 7) is 0. The Morgan fingerprint density at radius 2 is 2.50 bits per heavy atom. The van der Waals surface area contributed by atoms with E-state index >= 15 is 0 Å². The van der Waals surface area contributed by atoms with Crippen LogP contribution in [0, 0.1) is 0 Å². The van der Waals surface area contributed by atoms with Gasteiger partial charge >= 0.3 is 5.97 Å². The highest BCUT2D eigenvalue weighted by atomic mass is 79.9. The first kappa shape index (κ1) is 9.48. The molecule has 0 saturated carbocycles. The average Bonchev–Trinajstić information content (AvgIpc) is 2.47. The molecule has 0 radical (unpaired) electrons. The molecule has 4 heteroatoms. The van der Waals surface area contributed by atoms with Gasteiger partial charge in [-0.1, -0.05) is 0 Å². The Labute approximate surface area is 83.0 Å². The van der Waals surface area contributed by atoms with Gasteiger partial charge in [0.25, 0.3) is 0 Å². The van der Waals surface area contributed by atoms with Gasteiger partial charge < -0.3 is 4.74 Å². The monoisotopic (exact) mass is 246 g/mol. The summed E-state index contributed by atoms with van der Waals surface area (Å²) in [5.41, 5.74) is 0. The molecule has 0 saturated heterocycles. The van der Waals surface area contributed by atoms with Gasteiger partial charge in [0.05, 0.1) is 7.11 Å². The molecule has 0 bridgehead atoms. The van der Waals surface area contributed by atoms with Crippen molar-refractivity contribution in [2.75, 3.05) is 7.11 Å². The Kier molecular flexibility index (Phi) is 3.49. The molecule has 0 aliphatic heterocycles. The molecule has 0 aliphatic rings. The van der Waals surface area contributed by atoms with E-state index in [1.54, 1.807) is 17.4 Å². The highest BCUT2D eigenvalue weighted by Crippen LogP contribution is 2.20. The summed E-state index contributed by atoms with van der Waals surface area (Å²) in [4.78, 5) is 11.7. The van der Waals surface area contributed by atoms with Crippen molar-refractivity contribution in [1.29, 1.82) is 0 Å². The number of thiophene rings is 1. The fourth-order valence-corrected chi connectivity index (χ4v) is 1.97. The van der Waals surface area contributed by atoms with Gasteiger partial charge in [0.1, 0.15) is 0 Å². The average molecular weight is 247 g/mol. The van der Waals surface area contributed by atoms with Crippen LogP contribution in [-0.2, 0) is 9.53 Å². The minimum absolute atomic E-state index is 0.334. The van der Waals surface area contributed by atoms with E-state index in [2.05, 4.69) is 20.7 Å². The van der Waals surface area contributed by atoms with E-state index in [9.17, 15) is 4.79 Å². The predicted molar refractivity (Wildman–Crippen MR) is 53.1 cm³/mol. The summed E-state index contributed by atoms with van der Waals surface area (Å²) in [6.07, 6.45) is 3.12. The minimum Gasteiger partial charge on any atom is -0.466 e. The van der Waals surface area contributed by atoms with E-state index in [-0.39, 0.29) is 5.97 Å². The summed E-state index contributed by atoms with van der Waals surface area (Å²) in [5, 5.41) is 1.96. The number of hydrogen-bond acceptors (Lipinski definition) is 3. The standard InChI is InChI=1S/C8H7BrO2S/c1-11-8(10)3-2-7-4-6(9)5-12-7/h2-5H,1H3. The smallest absolute Gasteiger partial charge is 0.330 e. The molecule has 1 rings (SSSR count). The number of ether oxygens (including phenoxy) is 1. The lowest BCUT2D eigenvalue weighted by Gasteiger charge is -1.87. The minimum atomic E-state index is -0.334. The lowest BCUT2D eigenvalue weighted by molar-refractivity contribution is -0.134. The van der Waals surface area contributed by atoms with Crippen molar-refractivity contribution >= 4 is 39.3 Å². The van der Waals surface area contributed by atoms with Crippen molar-refractivity contribution in [3.63, 3.8) is 0 Å². The maximum absolute atomic E-state index is 10.7. The molecule has 0 atom stereocenters. The van der Waals surface area contributed by atoms with Crippen LogP contribution < -0.4 is 0 Å². The molecular weight excluding hydrogens is 240 g/mol. The third-order valence-corrected chi connectivity index (χ3v) is 2.83. The van der Waals surface area contributed by atoms with Crippen LogP contribution in [0.25, 0.3) is 6.08 Å². The molecule has 0 fully saturated rings. The largest absolute Gasteiger partial charge is 0.466 e. The molecule has 0 aromatic carbocycles. The molecule has 1 aromatic rings. The van der Waals surface area contributed by atoms with Crippen molar-refractivity contribution in [3.05, 3.63) is 26.9 Å². The number of esters is 1. The van der Waals surface area contributed by atoms with Crippen LogP contribution in [-0.4, -0.2) is 13.1 Å². The number of carbonyl (C=O) groups is 1. The topological polar surface area (TPSA) is 26.3 Å². The molecule has 0 aliphatic carbocycles. The number of halogens is 1. The highest BCUT2D eigenvalue weighted by molar-refractivity contribution is 9.10. The first-order chi connectivity index (χ1) is 5.72. The third kappa shape index (κ3) is 2.79. The summed E-state index contributed by atoms with van der Waals surface area (Å²) in [7, 11) is 1.36. The summed E-state index contributed by atoms with van der Waals surface area (Å²) < 4.78 is 5.47. The first-order valence-corrected chi connectivity index (χ1v) is 4.89. The van der Waals surface area contributed by atoms with E-state index in [1.165, 1.54) is 13.2 Å². The van der Waals surface area contributed by atoms with E-state index in [0.717, 1.165) is 9.35 Å². The maximum Gasteiger partial charge on any atom is 0.330 e. The molecule has 0 N–H and O–H groups in total. The van der Waals surface area contributed by atoms with E-state index < -0.39 is 0 Å². The van der Waals surface area contributed by atoms with Crippen LogP contribution in [0.1, 0.15) is 4.88 Å². The van der Waals surface area contributed by atoms with Gasteiger partial charge in [0.2, 0.25) is 0 Å². The van der Waals surface area contributed by atoms with Crippen molar-refractivity contribution < 1.29 is 9.53 Å². The molecule has 64 valence electrons. The Morgan fingerprint density at radius 1 is 1.75 bits per heavy atom. The van der Waals surface area contributed by atoms with Crippen LogP contribution >= 0.6 is 27.3 Å². The van der Waals surface area contributed by atoms with Crippen LogP contribution in [0.4, 0.5) is 0 Å². The van der Waals surface area contributed by atoms with E-state index in [4.69, 9.17) is 0 Å². The molecule has 2 nitrogen and oxygen atoms in total. The van der Waals surface area contributed by atoms with Crippen molar-refractivity contribution in [2.45, 2.75) is 0 Å². The second kappa shape index (κ2) is 4.42. The normalized spacial score (nSPS) is 10.5. The predicted octanol–water partition coefficient (Wildman–Crippen LogP) is 2.70. The molecule has 0 amide bonds. The van der Waals surface area contributed by atoms with Crippen LogP contribution in [0.3, 0.4) is 0 Å². The van der Waals surface area contributed by atoms with Crippen molar-refractivity contribution in [3.8, 4) is 0 Å². The summed E-state index contributed by atoms with van der Waals surface area (Å²) in [5.74, 6) is -0.334. The van der Waals surface area contributed by atoms with Gasteiger partial charge in [-0.05, 0) is 28.1 Å². The van der Waals surface area contributed by atoms with Gasteiger partial charge in [0, 0.05) is 20.8 Å². The van der Waals surface area contributed by atoms with Crippen LogP contribution in [0.5, 0.6) is 0 Å². The van der Waals surface area contributed by atoms with Crippen molar-refractivity contribution in [1.82, 2.24) is 0 Å². The van der Waals surface area contributed by atoms with Gasteiger partial charge in [-0.15, -0.1) is 11.3 Å². The Morgan fingerprint density at radius 3 is 3.00 bits per heavy atom. The molecule has 1 aromatic heterocycles. The molecule has 12 heavy (non-hydrogen) atoms. The third-order valence-electron chi connectivity index (χ3n) is 1.17. The van der Waals surface area contributed by atoms with Gasteiger partial charge in [-0.2, -0.15) is 0 Å². The lowest BCUT2D eigenvalue weighted by atomic mass is 10.4. The second-order valence-corrected chi connectivity index (χ2v) is 3.88. The zero-order valence-electron chi connectivity index (χ0n) is 6.41. The zero-order chi connectivity index (χ0) is 8.97. The SMILES string of the molecule is COC(=O)C=Cc1cc(Br)cs1. The first-order valence-electron chi connectivity index (χ1n) is 3.22.